The fraction of sp³-hybridized carbons (Fsp3) is 0.698. The number of hydrogen-bond acceptors (Lipinski definition) is 7. The van der Waals surface area contributed by atoms with Crippen molar-refractivity contribution in [3.63, 3.8) is 0 Å². The zero-order valence-electron chi connectivity index (χ0n) is 33.0. The predicted molar refractivity (Wildman–Crippen MR) is 219 cm³/mol. The van der Waals surface area contributed by atoms with Gasteiger partial charge in [-0.25, -0.2) is 4.57 Å². The molecule has 0 aromatic heterocycles. The Morgan fingerprint density at radius 1 is 0.596 bits per heavy atom. The largest absolute Gasteiger partial charge is 0.498 e. The summed E-state index contributed by atoms with van der Waals surface area (Å²) in [5.41, 5.74) is 5.35. The molecule has 0 aromatic carbocycles. The molecule has 0 saturated heterocycles. The molecule has 52 heavy (non-hydrogen) atoms. The molecule has 0 heterocycles. The number of phosphoric acid groups is 1. The average molecular weight is 750 g/mol. The minimum Gasteiger partial charge on any atom is -0.498 e. The van der Waals surface area contributed by atoms with Crippen LogP contribution in [0.5, 0.6) is 0 Å². The van der Waals surface area contributed by atoms with Crippen LogP contribution in [-0.4, -0.2) is 43.3 Å². The summed E-state index contributed by atoms with van der Waals surface area (Å²) in [5, 5.41) is 0. The minimum atomic E-state index is -4.31. The van der Waals surface area contributed by atoms with Gasteiger partial charge in [-0.3, -0.25) is 13.8 Å². The minimum absolute atomic E-state index is 0.000517. The summed E-state index contributed by atoms with van der Waals surface area (Å²) >= 11 is 0. The lowest BCUT2D eigenvalue weighted by molar-refractivity contribution is -0.153. The predicted octanol–water partition coefficient (Wildman–Crippen LogP) is 12.3. The Bertz CT molecular complexity index is 1020. The summed E-state index contributed by atoms with van der Waals surface area (Å²) in [6, 6.07) is 0. The van der Waals surface area contributed by atoms with Gasteiger partial charge in [0.2, 0.25) is 0 Å². The zero-order chi connectivity index (χ0) is 38.1. The standard InChI is InChI=1S/C43H76NO7P/c1-3-5-7-9-11-13-15-17-19-20-21-22-23-24-26-28-30-32-34-36-43(45)51-42(41-50-52(46,47)49-39-37-44)40-48-38-35-33-31-29-27-25-18-16-14-12-10-8-6-4-2/h11,13,17,19,21-22,24,26,30,32,35,38,42H,3-10,12,14-16,18,20,23,25,27-29,31,33-34,36-37,39-41,44H2,1-2H3,(H,46,47). The summed E-state index contributed by atoms with van der Waals surface area (Å²) in [5.74, 6) is -0.435. The van der Waals surface area contributed by atoms with Crippen molar-refractivity contribution in [2.45, 2.75) is 168 Å². The van der Waals surface area contributed by atoms with E-state index in [-0.39, 0.29) is 32.8 Å². The fourth-order valence-corrected chi connectivity index (χ4v) is 5.94. The molecule has 0 saturated carbocycles. The number of ether oxygens (including phenoxy) is 2. The van der Waals surface area contributed by atoms with Crippen LogP contribution in [0, 0.1) is 0 Å². The third kappa shape index (κ3) is 39.0. The number of carbonyl (C=O) groups excluding carboxylic acids is 1. The number of phosphoric ester groups is 1. The van der Waals surface area contributed by atoms with Crippen LogP contribution in [0.4, 0.5) is 0 Å². The smallest absolute Gasteiger partial charge is 0.472 e. The van der Waals surface area contributed by atoms with E-state index in [2.05, 4.69) is 62.5 Å². The number of rotatable bonds is 38. The van der Waals surface area contributed by atoms with Crippen molar-refractivity contribution in [1.29, 1.82) is 0 Å². The Labute approximate surface area is 318 Å². The monoisotopic (exact) mass is 750 g/mol. The van der Waals surface area contributed by atoms with E-state index in [0.717, 1.165) is 38.5 Å². The van der Waals surface area contributed by atoms with Gasteiger partial charge in [-0.1, -0.05) is 158 Å². The fourth-order valence-electron chi connectivity index (χ4n) is 5.18. The molecule has 0 bridgehead atoms. The molecule has 9 heteroatoms. The molecule has 2 unspecified atom stereocenters. The van der Waals surface area contributed by atoms with Crippen molar-refractivity contribution >= 4 is 13.8 Å². The van der Waals surface area contributed by atoms with Crippen LogP contribution in [-0.2, 0) is 27.9 Å². The highest BCUT2D eigenvalue weighted by molar-refractivity contribution is 7.47. The van der Waals surface area contributed by atoms with E-state index in [4.69, 9.17) is 24.3 Å². The van der Waals surface area contributed by atoms with Gasteiger partial charge in [0.1, 0.15) is 6.61 Å². The summed E-state index contributed by atoms with van der Waals surface area (Å²) in [6.07, 6.45) is 50.2. The number of esters is 1. The molecule has 2 atom stereocenters. The van der Waals surface area contributed by atoms with Gasteiger partial charge in [0.05, 0.1) is 19.5 Å². The molecule has 0 spiro atoms. The van der Waals surface area contributed by atoms with Gasteiger partial charge in [0.15, 0.2) is 6.10 Å². The molecule has 0 aromatic rings. The Balaban J connectivity index is 4.27. The first-order chi connectivity index (χ1) is 25.4. The van der Waals surface area contributed by atoms with Gasteiger partial charge in [0, 0.05) is 13.0 Å². The van der Waals surface area contributed by atoms with Crippen molar-refractivity contribution in [3.05, 3.63) is 73.1 Å². The average Bonchev–Trinajstić information content (AvgIpc) is 3.13. The van der Waals surface area contributed by atoms with Crippen molar-refractivity contribution in [3.8, 4) is 0 Å². The van der Waals surface area contributed by atoms with Gasteiger partial charge < -0.3 is 20.1 Å². The van der Waals surface area contributed by atoms with Crippen LogP contribution < -0.4 is 5.73 Å². The van der Waals surface area contributed by atoms with Crippen LogP contribution in [0.15, 0.2) is 73.1 Å². The van der Waals surface area contributed by atoms with E-state index in [9.17, 15) is 14.3 Å². The lowest BCUT2D eigenvalue weighted by Crippen LogP contribution is -2.27. The molecule has 0 aliphatic carbocycles. The molecule has 3 N–H and O–H groups in total. The van der Waals surface area contributed by atoms with Gasteiger partial charge in [-0.15, -0.1) is 0 Å². The second-order valence-corrected chi connectivity index (χ2v) is 14.7. The molecule has 0 aliphatic heterocycles. The van der Waals surface area contributed by atoms with Crippen LogP contribution in [0.25, 0.3) is 0 Å². The van der Waals surface area contributed by atoms with Crippen LogP contribution in [0.2, 0.25) is 0 Å². The van der Waals surface area contributed by atoms with Crippen molar-refractivity contribution in [2.24, 2.45) is 5.73 Å². The SMILES string of the molecule is CCCCCC=CCC=CCC=CCC=CCC=CCCC(=O)OC(COC=CCCCCCCCCCCCCCC)COP(=O)(O)OCCN. The summed E-state index contributed by atoms with van der Waals surface area (Å²) in [6.45, 7) is 4.11. The van der Waals surface area contributed by atoms with E-state index in [1.165, 1.54) is 96.3 Å². The summed E-state index contributed by atoms with van der Waals surface area (Å²) < 4.78 is 33.0. The zero-order valence-corrected chi connectivity index (χ0v) is 33.9. The van der Waals surface area contributed by atoms with Crippen LogP contribution >= 0.6 is 7.82 Å². The molecule has 0 rings (SSSR count). The van der Waals surface area contributed by atoms with E-state index in [0.29, 0.717) is 6.42 Å². The van der Waals surface area contributed by atoms with Gasteiger partial charge in [-0.2, -0.15) is 0 Å². The van der Waals surface area contributed by atoms with E-state index in [1.54, 1.807) is 6.26 Å². The van der Waals surface area contributed by atoms with Gasteiger partial charge in [-0.05, 0) is 63.9 Å². The highest BCUT2D eigenvalue weighted by atomic mass is 31.2. The van der Waals surface area contributed by atoms with E-state index >= 15 is 0 Å². The lowest BCUT2D eigenvalue weighted by Gasteiger charge is -2.19. The molecule has 0 radical (unpaired) electrons. The first-order valence-corrected chi connectivity index (χ1v) is 22.0. The molecular formula is C43H76NO7P. The summed E-state index contributed by atoms with van der Waals surface area (Å²) in [4.78, 5) is 22.4. The first-order valence-electron chi connectivity index (χ1n) is 20.5. The Morgan fingerprint density at radius 3 is 1.58 bits per heavy atom. The number of unbranched alkanes of at least 4 members (excludes halogenated alkanes) is 15. The van der Waals surface area contributed by atoms with E-state index < -0.39 is 19.9 Å². The second-order valence-electron chi connectivity index (χ2n) is 13.2. The van der Waals surface area contributed by atoms with Crippen molar-refractivity contribution in [1.82, 2.24) is 0 Å². The van der Waals surface area contributed by atoms with E-state index in [1.807, 2.05) is 18.2 Å². The molecule has 300 valence electrons. The molecule has 0 aliphatic rings. The maximum Gasteiger partial charge on any atom is 0.472 e. The highest BCUT2D eigenvalue weighted by Crippen LogP contribution is 2.43. The number of allylic oxidation sites excluding steroid dienone is 11. The molecule has 0 amide bonds. The number of hydrogen-bond donors (Lipinski definition) is 2. The van der Waals surface area contributed by atoms with Crippen molar-refractivity contribution < 1.29 is 32.8 Å². The third-order valence-corrected chi connectivity index (χ3v) is 9.19. The topological polar surface area (TPSA) is 117 Å². The molecular weight excluding hydrogens is 673 g/mol. The van der Waals surface area contributed by atoms with Gasteiger partial charge in [0.25, 0.3) is 0 Å². The first kappa shape index (κ1) is 49.8. The third-order valence-electron chi connectivity index (χ3n) is 8.20. The quantitative estimate of drug-likeness (QED) is 0.0211. The maximum absolute atomic E-state index is 12.5. The number of carbonyl (C=O) groups is 1. The van der Waals surface area contributed by atoms with Gasteiger partial charge >= 0.3 is 13.8 Å². The second kappa shape index (κ2) is 40.0. The van der Waals surface area contributed by atoms with Crippen LogP contribution in [0.1, 0.15) is 162 Å². The summed E-state index contributed by atoms with van der Waals surface area (Å²) in [7, 11) is -4.31. The Morgan fingerprint density at radius 2 is 1.04 bits per heavy atom. The Hall–Kier alpha value is -2.22. The number of nitrogens with two attached hydrogens (primary N) is 1. The maximum atomic E-state index is 12.5. The van der Waals surface area contributed by atoms with Crippen LogP contribution in [0.3, 0.4) is 0 Å². The molecule has 0 fully saturated rings. The highest BCUT2D eigenvalue weighted by Gasteiger charge is 2.25. The normalized spacial score (nSPS) is 14.2. The lowest BCUT2D eigenvalue weighted by atomic mass is 10.0. The van der Waals surface area contributed by atoms with Crippen molar-refractivity contribution in [2.75, 3.05) is 26.4 Å². The molecule has 8 nitrogen and oxygen atoms in total. The Kier molecular flexibility index (Phi) is 38.3.